The number of amides is 1. The number of carbonyl (C=O) groups is 1. The fourth-order valence-electron chi connectivity index (χ4n) is 0.926. The zero-order valence-electron chi connectivity index (χ0n) is 8.24. The Hall–Kier alpha value is -1.43. The number of aliphatic hydroxyl groups is 1. The molecular formula is C8H14N4O2. The third-order valence-electron chi connectivity index (χ3n) is 1.64. The number of nitrogens with one attached hydrogen (secondary N) is 2. The minimum Gasteiger partial charge on any atom is -0.393 e. The maximum absolute atomic E-state index is 11.2. The van der Waals surface area contributed by atoms with E-state index in [2.05, 4.69) is 20.5 Å². The van der Waals surface area contributed by atoms with Gasteiger partial charge in [0.05, 0.1) is 6.10 Å². The molecule has 0 radical (unpaired) electrons. The van der Waals surface area contributed by atoms with Crippen LogP contribution < -0.4 is 5.32 Å². The number of aromatic nitrogens is 3. The van der Waals surface area contributed by atoms with Gasteiger partial charge in [-0.15, -0.1) is 5.10 Å². The first-order valence-electron chi connectivity index (χ1n) is 4.45. The number of anilines is 1. The van der Waals surface area contributed by atoms with E-state index in [0.717, 1.165) is 0 Å². The first kappa shape index (κ1) is 10.6. The lowest BCUT2D eigenvalue weighted by molar-refractivity contribution is -0.116. The van der Waals surface area contributed by atoms with Gasteiger partial charge in [0.2, 0.25) is 11.9 Å². The maximum Gasteiger partial charge on any atom is 0.248 e. The maximum atomic E-state index is 11.2. The molecule has 0 aliphatic rings. The Morgan fingerprint density at radius 3 is 2.93 bits per heavy atom. The van der Waals surface area contributed by atoms with Crippen molar-refractivity contribution in [2.75, 3.05) is 5.32 Å². The fourth-order valence-corrected chi connectivity index (χ4v) is 0.926. The Labute approximate surface area is 81.7 Å². The highest BCUT2D eigenvalue weighted by molar-refractivity contribution is 5.88. The van der Waals surface area contributed by atoms with Crippen molar-refractivity contribution < 1.29 is 9.90 Å². The summed E-state index contributed by atoms with van der Waals surface area (Å²) >= 11 is 0. The van der Waals surface area contributed by atoms with Gasteiger partial charge < -0.3 is 5.11 Å². The summed E-state index contributed by atoms with van der Waals surface area (Å²) in [5.74, 6) is 0.735. The molecule has 1 aromatic rings. The molecule has 14 heavy (non-hydrogen) atoms. The smallest absolute Gasteiger partial charge is 0.248 e. The van der Waals surface area contributed by atoms with Crippen molar-refractivity contribution in [1.29, 1.82) is 0 Å². The summed E-state index contributed by atoms with van der Waals surface area (Å²) in [5, 5.41) is 17.8. The van der Waals surface area contributed by atoms with Gasteiger partial charge in [0.1, 0.15) is 5.82 Å². The molecule has 6 nitrogen and oxygen atoms in total. The van der Waals surface area contributed by atoms with Crippen LogP contribution in [0.15, 0.2) is 0 Å². The number of nitrogens with zero attached hydrogens (tertiary/aromatic N) is 2. The number of hydrogen-bond donors (Lipinski definition) is 3. The Morgan fingerprint density at radius 2 is 2.43 bits per heavy atom. The first-order valence-corrected chi connectivity index (χ1v) is 4.45. The van der Waals surface area contributed by atoms with E-state index in [4.69, 9.17) is 5.11 Å². The Morgan fingerprint density at radius 1 is 1.71 bits per heavy atom. The third kappa shape index (κ3) is 3.53. The lowest BCUT2D eigenvalue weighted by atomic mass is 10.2. The van der Waals surface area contributed by atoms with Crippen molar-refractivity contribution in [2.24, 2.45) is 0 Å². The number of aryl methyl sites for hydroxylation is 1. The SMILES string of the molecule is Cc1nc(NC(=O)CCC(C)O)n[nH]1. The second-order valence-electron chi connectivity index (χ2n) is 3.18. The molecule has 0 aliphatic heterocycles. The summed E-state index contributed by atoms with van der Waals surface area (Å²) in [6.45, 7) is 3.39. The number of aromatic amines is 1. The highest BCUT2D eigenvalue weighted by Crippen LogP contribution is 2.01. The van der Waals surface area contributed by atoms with Crippen molar-refractivity contribution in [3.63, 3.8) is 0 Å². The van der Waals surface area contributed by atoms with Gasteiger partial charge in [0.25, 0.3) is 0 Å². The van der Waals surface area contributed by atoms with Crippen LogP contribution in [0.1, 0.15) is 25.6 Å². The topological polar surface area (TPSA) is 90.9 Å². The molecule has 0 spiro atoms. The van der Waals surface area contributed by atoms with Gasteiger partial charge in [-0.05, 0) is 20.3 Å². The summed E-state index contributed by atoms with van der Waals surface area (Å²) in [6, 6.07) is 0. The molecule has 0 aliphatic carbocycles. The quantitative estimate of drug-likeness (QED) is 0.645. The standard InChI is InChI=1S/C8H14N4O2/c1-5(13)3-4-7(14)10-8-9-6(2)11-12-8/h5,13H,3-4H2,1-2H3,(H2,9,10,11,12,14). The summed E-state index contributed by atoms with van der Waals surface area (Å²) in [4.78, 5) is 15.1. The molecule has 0 fully saturated rings. The Bertz CT molecular complexity index is 308. The molecule has 78 valence electrons. The lowest BCUT2D eigenvalue weighted by Crippen LogP contribution is -2.14. The molecule has 1 aromatic heterocycles. The van der Waals surface area contributed by atoms with Crippen molar-refractivity contribution in [3.8, 4) is 0 Å². The van der Waals surface area contributed by atoms with Crippen LogP contribution in [0.25, 0.3) is 0 Å². The number of hydrogen-bond acceptors (Lipinski definition) is 4. The van der Waals surface area contributed by atoms with E-state index in [1.165, 1.54) is 0 Å². The summed E-state index contributed by atoms with van der Waals surface area (Å²) < 4.78 is 0. The van der Waals surface area contributed by atoms with Crippen LogP contribution in [-0.2, 0) is 4.79 Å². The van der Waals surface area contributed by atoms with Crippen molar-refractivity contribution in [3.05, 3.63) is 5.82 Å². The highest BCUT2D eigenvalue weighted by atomic mass is 16.3. The van der Waals surface area contributed by atoms with Gasteiger partial charge in [-0.1, -0.05) is 0 Å². The van der Waals surface area contributed by atoms with Crippen LogP contribution in [0.2, 0.25) is 0 Å². The van der Waals surface area contributed by atoms with Crippen molar-refractivity contribution >= 4 is 11.9 Å². The summed E-state index contributed by atoms with van der Waals surface area (Å²) in [6.07, 6.45) is 0.246. The predicted octanol–water partition coefficient (Wildman–Crippen LogP) is 0.213. The molecule has 0 saturated heterocycles. The largest absolute Gasteiger partial charge is 0.393 e. The van der Waals surface area contributed by atoms with Crippen LogP contribution in [0.5, 0.6) is 0 Å². The number of aliphatic hydroxyl groups excluding tert-OH is 1. The summed E-state index contributed by atoms with van der Waals surface area (Å²) in [5.41, 5.74) is 0. The van der Waals surface area contributed by atoms with Gasteiger partial charge >= 0.3 is 0 Å². The van der Waals surface area contributed by atoms with Crippen LogP contribution in [-0.4, -0.2) is 32.3 Å². The minimum atomic E-state index is -0.463. The molecule has 1 unspecified atom stereocenters. The molecule has 6 heteroatoms. The van der Waals surface area contributed by atoms with Crippen LogP contribution in [0.3, 0.4) is 0 Å². The van der Waals surface area contributed by atoms with E-state index in [9.17, 15) is 4.79 Å². The van der Waals surface area contributed by atoms with Gasteiger partial charge in [0, 0.05) is 6.42 Å². The van der Waals surface area contributed by atoms with E-state index >= 15 is 0 Å². The van der Waals surface area contributed by atoms with Crippen LogP contribution >= 0.6 is 0 Å². The van der Waals surface area contributed by atoms with E-state index in [-0.39, 0.29) is 18.3 Å². The van der Waals surface area contributed by atoms with Gasteiger partial charge in [-0.25, -0.2) is 0 Å². The van der Waals surface area contributed by atoms with E-state index in [1.807, 2.05) is 0 Å². The molecule has 0 aromatic carbocycles. The average Bonchev–Trinajstić information content (AvgIpc) is 2.48. The number of carbonyl (C=O) groups excluding carboxylic acids is 1. The number of rotatable bonds is 4. The van der Waals surface area contributed by atoms with E-state index in [0.29, 0.717) is 12.2 Å². The van der Waals surface area contributed by atoms with Gasteiger partial charge in [0.15, 0.2) is 0 Å². The van der Waals surface area contributed by atoms with Gasteiger partial charge in [-0.2, -0.15) is 4.98 Å². The molecule has 1 atom stereocenters. The number of H-pyrrole nitrogens is 1. The zero-order chi connectivity index (χ0) is 10.6. The molecule has 1 amide bonds. The first-order chi connectivity index (χ1) is 6.58. The van der Waals surface area contributed by atoms with Crippen molar-refractivity contribution in [1.82, 2.24) is 15.2 Å². The lowest BCUT2D eigenvalue weighted by Gasteiger charge is -2.02. The molecule has 1 heterocycles. The second-order valence-corrected chi connectivity index (χ2v) is 3.18. The zero-order valence-corrected chi connectivity index (χ0v) is 8.24. The molecular weight excluding hydrogens is 184 g/mol. The normalized spacial score (nSPS) is 12.5. The molecule has 0 saturated carbocycles. The molecule has 1 rings (SSSR count). The summed E-state index contributed by atoms with van der Waals surface area (Å²) in [7, 11) is 0. The second kappa shape index (κ2) is 4.71. The van der Waals surface area contributed by atoms with Gasteiger partial charge in [-0.3, -0.25) is 15.2 Å². The monoisotopic (exact) mass is 198 g/mol. The highest BCUT2D eigenvalue weighted by Gasteiger charge is 2.07. The Balaban J connectivity index is 2.34. The Kier molecular flexibility index (Phi) is 3.58. The van der Waals surface area contributed by atoms with E-state index in [1.54, 1.807) is 13.8 Å². The van der Waals surface area contributed by atoms with Crippen LogP contribution in [0.4, 0.5) is 5.95 Å². The predicted molar refractivity (Wildman–Crippen MR) is 50.7 cm³/mol. The minimum absolute atomic E-state index is 0.190. The fraction of sp³-hybridized carbons (Fsp3) is 0.625. The van der Waals surface area contributed by atoms with Crippen LogP contribution in [0, 0.1) is 6.92 Å². The third-order valence-corrected chi connectivity index (χ3v) is 1.64. The van der Waals surface area contributed by atoms with Crippen molar-refractivity contribution in [2.45, 2.75) is 32.8 Å². The molecule has 0 bridgehead atoms. The molecule has 3 N–H and O–H groups in total. The average molecular weight is 198 g/mol. The van der Waals surface area contributed by atoms with E-state index < -0.39 is 6.10 Å².